The molecule has 4 heteroatoms. The molecule has 0 amide bonds. The van der Waals surface area contributed by atoms with Crippen LogP contribution in [0.3, 0.4) is 0 Å². The summed E-state index contributed by atoms with van der Waals surface area (Å²) >= 11 is 2.22. The summed E-state index contributed by atoms with van der Waals surface area (Å²) in [5.41, 5.74) is 6.40. The predicted octanol–water partition coefficient (Wildman–Crippen LogP) is 3.90. The third-order valence-corrected chi connectivity index (χ3v) is 3.49. The lowest BCUT2D eigenvalue weighted by atomic mass is 10.0. The molecule has 2 aromatic rings. The smallest absolute Gasteiger partial charge is 0.141 e. The first-order chi connectivity index (χ1) is 9.08. The van der Waals surface area contributed by atoms with Crippen molar-refractivity contribution < 1.29 is 9.13 Å². The highest BCUT2D eigenvalue weighted by atomic mass is 127. The van der Waals surface area contributed by atoms with Gasteiger partial charge in [0, 0.05) is 15.2 Å². The molecule has 2 aromatic carbocycles. The van der Waals surface area contributed by atoms with E-state index >= 15 is 0 Å². The number of halogens is 2. The van der Waals surface area contributed by atoms with E-state index in [1.54, 1.807) is 18.2 Å². The zero-order valence-corrected chi connectivity index (χ0v) is 12.7. The summed E-state index contributed by atoms with van der Waals surface area (Å²) in [7, 11) is 0. The summed E-state index contributed by atoms with van der Waals surface area (Å²) in [6.07, 6.45) is -0.499. The van der Waals surface area contributed by atoms with Crippen LogP contribution in [0.4, 0.5) is 4.39 Å². The fourth-order valence-corrected chi connectivity index (χ4v) is 2.18. The maximum atomic E-state index is 13.8. The number of ether oxygens (including phenoxy) is 1. The Bertz CT molecular complexity index is 542. The van der Waals surface area contributed by atoms with Crippen LogP contribution in [-0.4, -0.2) is 6.04 Å². The Morgan fingerprint density at radius 2 is 1.74 bits per heavy atom. The van der Waals surface area contributed by atoms with Gasteiger partial charge in [-0.05, 0) is 59.8 Å². The Morgan fingerprint density at radius 3 is 2.32 bits per heavy atom. The molecule has 19 heavy (non-hydrogen) atoms. The van der Waals surface area contributed by atoms with Crippen LogP contribution in [0, 0.1) is 9.39 Å². The van der Waals surface area contributed by atoms with Crippen molar-refractivity contribution in [3.05, 3.63) is 63.5 Å². The van der Waals surface area contributed by atoms with Gasteiger partial charge in [-0.15, -0.1) is 0 Å². The standard InChI is InChI=1S/C15H15FINO/c1-10(18)15(13-4-2-3-5-14(13)16)19-12-8-6-11(17)7-9-12/h2-10,15H,18H2,1H3. The van der Waals surface area contributed by atoms with Gasteiger partial charge in [0.05, 0.1) is 0 Å². The van der Waals surface area contributed by atoms with Crippen molar-refractivity contribution in [1.82, 2.24) is 0 Å². The normalized spacial score (nSPS) is 13.9. The molecule has 0 aromatic heterocycles. The van der Waals surface area contributed by atoms with Gasteiger partial charge in [0.15, 0.2) is 0 Å². The van der Waals surface area contributed by atoms with Crippen LogP contribution >= 0.6 is 22.6 Å². The quantitative estimate of drug-likeness (QED) is 0.828. The number of nitrogens with two attached hydrogens (primary N) is 1. The van der Waals surface area contributed by atoms with E-state index in [1.165, 1.54) is 6.07 Å². The SMILES string of the molecule is CC(N)C(Oc1ccc(I)cc1)c1ccccc1F. The maximum Gasteiger partial charge on any atom is 0.141 e. The molecule has 100 valence electrons. The van der Waals surface area contributed by atoms with Gasteiger partial charge in [-0.25, -0.2) is 4.39 Å². The molecule has 0 aliphatic rings. The fraction of sp³-hybridized carbons (Fsp3) is 0.200. The van der Waals surface area contributed by atoms with E-state index in [2.05, 4.69) is 22.6 Å². The molecule has 0 aliphatic carbocycles. The minimum atomic E-state index is -0.499. The molecule has 0 fully saturated rings. The molecule has 2 nitrogen and oxygen atoms in total. The number of rotatable bonds is 4. The van der Waals surface area contributed by atoms with Crippen molar-refractivity contribution in [3.63, 3.8) is 0 Å². The first kappa shape index (κ1) is 14.3. The Morgan fingerprint density at radius 1 is 1.11 bits per heavy atom. The zero-order chi connectivity index (χ0) is 13.8. The highest BCUT2D eigenvalue weighted by Gasteiger charge is 2.21. The van der Waals surface area contributed by atoms with Crippen molar-refractivity contribution >= 4 is 22.6 Å². The van der Waals surface area contributed by atoms with Crippen LogP contribution in [0.1, 0.15) is 18.6 Å². The zero-order valence-electron chi connectivity index (χ0n) is 10.5. The summed E-state index contributed by atoms with van der Waals surface area (Å²) in [6.45, 7) is 1.81. The predicted molar refractivity (Wildman–Crippen MR) is 82.6 cm³/mol. The minimum absolute atomic E-state index is 0.296. The van der Waals surface area contributed by atoms with E-state index in [0.29, 0.717) is 11.3 Å². The second kappa shape index (κ2) is 6.34. The molecule has 2 unspecified atom stereocenters. The summed E-state index contributed by atoms with van der Waals surface area (Å²) in [6, 6.07) is 13.8. The van der Waals surface area contributed by atoms with Crippen LogP contribution in [0.25, 0.3) is 0 Å². The third-order valence-electron chi connectivity index (χ3n) is 2.77. The number of hydrogen-bond donors (Lipinski definition) is 1. The topological polar surface area (TPSA) is 35.2 Å². The highest BCUT2D eigenvalue weighted by molar-refractivity contribution is 14.1. The number of hydrogen-bond acceptors (Lipinski definition) is 2. The lowest BCUT2D eigenvalue weighted by molar-refractivity contribution is 0.175. The average Bonchev–Trinajstić information content (AvgIpc) is 2.39. The summed E-state index contributed by atoms with van der Waals surface area (Å²) < 4.78 is 20.8. The summed E-state index contributed by atoms with van der Waals surface area (Å²) in [5, 5.41) is 0. The van der Waals surface area contributed by atoms with E-state index in [1.807, 2.05) is 31.2 Å². The van der Waals surface area contributed by atoms with E-state index in [4.69, 9.17) is 10.5 Å². The van der Waals surface area contributed by atoms with E-state index in [-0.39, 0.29) is 11.9 Å². The van der Waals surface area contributed by atoms with Gasteiger partial charge in [0.25, 0.3) is 0 Å². The first-order valence-corrected chi connectivity index (χ1v) is 7.08. The molecule has 0 spiro atoms. The lowest BCUT2D eigenvalue weighted by Crippen LogP contribution is -2.29. The van der Waals surface area contributed by atoms with Gasteiger partial charge in [-0.1, -0.05) is 18.2 Å². The van der Waals surface area contributed by atoms with Crippen molar-refractivity contribution in [2.75, 3.05) is 0 Å². The van der Waals surface area contributed by atoms with Crippen molar-refractivity contribution in [1.29, 1.82) is 0 Å². The van der Waals surface area contributed by atoms with Gasteiger partial charge in [0.1, 0.15) is 17.7 Å². The molecule has 0 heterocycles. The van der Waals surface area contributed by atoms with Crippen molar-refractivity contribution in [2.24, 2.45) is 5.73 Å². The minimum Gasteiger partial charge on any atom is -0.484 e. The van der Waals surface area contributed by atoms with Gasteiger partial charge < -0.3 is 10.5 Å². The van der Waals surface area contributed by atoms with E-state index < -0.39 is 6.10 Å². The van der Waals surface area contributed by atoms with E-state index in [0.717, 1.165) is 3.57 Å². The van der Waals surface area contributed by atoms with Crippen LogP contribution in [0.5, 0.6) is 5.75 Å². The van der Waals surface area contributed by atoms with Gasteiger partial charge >= 0.3 is 0 Å². The molecule has 2 atom stereocenters. The molecule has 2 N–H and O–H groups in total. The van der Waals surface area contributed by atoms with Crippen LogP contribution in [-0.2, 0) is 0 Å². The average molecular weight is 371 g/mol. The van der Waals surface area contributed by atoms with Crippen LogP contribution < -0.4 is 10.5 Å². The largest absolute Gasteiger partial charge is 0.484 e. The molecule has 0 saturated carbocycles. The second-order valence-electron chi connectivity index (χ2n) is 4.37. The van der Waals surface area contributed by atoms with Gasteiger partial charge in [-0.3, -0.25) is 0 Å². The fourth-order valence-electron chi connectivity index (χ4n) is 1.82. The van der Waals surface area contributed by atoms with Crippen LogP contribution in [0.15, 0.2) is 48.5 Å². The molecule has 0 saturated heterocycles. The molecule has 0 aliphatic heterocycles. The highest BCUT2D eigenvalue weighted by Crippen LogP contribution is 2.26. The summed E-state index contributed by atoms with van der Waals surface area (Å²) in [5.74, 6) is 0.390. The first-order valence-electron chi connectivity index (χ1n) is 6.00. The third kappa shape index (κ3) is 3.67. The molecule has 0 bridgehead atoms. The molecule has 2 rings (SSSR count). The van der Waals surface area contributed by atoms with Crippen molar-refractivity contribution in [2.45, 2.75) is 19.1 Å². The maximum absolute atomic E-state index is 13.8. The second-order valence-corrected chi connectivity index (χ2v) is 5.62. The van der Waals surface area contributed by atoms with Crippen LogP contribution in [0.2, 0.25) is 0 Å². The Kier molecular flexibility index (Phi) is 4.76. The molecular weight excluding hydrogens is 356 g/mol. The monoisotopic (exact) mass is 371 g/mol. The lowest BCUT2D eigenvalue weighted by Gasteiger charge is -2.23. The molecule has 0 radical (unpaired) electrons. The number of benzene rings is 2. The Hall–Kier alpha value is -1.14. The Labute approximate surface area is 125 Å². The van der Waals surface area contributed by atoms with Crippen molar-refractivity contribution in [3.8, 4) is 5.75 Å². The summed E-state index contributed by atoms with van der Waals surface area (Å²) in [4.78, 5) is 0. The van der Waals surface area contributed by atoms with E-state index in [9.17, 15) is 4.39 Å². The van der Waals surface area contributed by atoms with Gasteiger partial charge in [-0.2, -0.15) is 0 Å². The Balaban J connectivity index is 2.27. The van der Waals surface area contributed by atoms with Gasteiger partial charge in [0.2, 0.25) is 0 Å². The molecular formula is C15H15FINO.